The van der Waals surface area contributed by atoms with Crippen molar-refractivity contribution in [3.63, 3.8) is 0 Å². The molecular formula is C17H24N4. The zero-order valence-electron chi connectivity index (χ0n) is 12.6. The van der Waals surface area contributed by atoms with E-state index in [0.717, 1.165) is 36.4 Å². The number of fused-ring (bicyclic) bond motifs is 1. The average molecular weight is 284 g/mol. The first-order valence-electron chi connectivity index (χ1n) is 8.05. The first kappa shape index (κ1) is 14.4. The summed E-state index contributed by atoms with van der Waals surface area (Å²) < 4.78 is 0. The normalized spacial score (nSPS) is 17.0. The number of nitrogens with one attached hydrogen (secondary N) is 1. The number of rotatable bonds is 5. The number of para-hydroxylation sites is 2. The highest BCUT2D eigenvalue weighted by atomic mass is 15.1. The fraction of sp³-hybridized carbons (Fsp3) is 0.529. The van der Waals surface area contributed by atoms with E-state index in [4.69, 9.17) is 0 Å². The van der Waals surface area contributed by atoms with Crippen LogP contribution in [0.25, 0.3) is 11.0 Å². The predicted octanol–water partition coefficient (Wildman–Crippen LogP) is 2.60. The first-order valence-corrected chi connectivity index (χ1v) is 8.05. The minimum absolute atomic E-state index is 0.797. The van der Waals surface area contributed by atoms with Crippen LogP contribution in [-0.4, -0.2) is 41.0 Å². The van der Waals surface area contributed by atoms with E-state index in [1.165, 1.54) is 38.8 Å². The maximum absolute atomic E-state index is 4.64. The topological polar surface area (TPSA) is 41.1 Å². The molecule has 1 aliphatic heterocycles. The van der Waals surface area contributed by atoms with E-state index in [1.54, 1.807) is 0 Å². The Morgan fingerprint density at radius 1 is 1.00 bits per heavy atom. The number of aromatic nitrogens is 2. The number of hydrogen-bond donors (Lipinski definition) is 1. The van der Waals surface area contributed by atoms with E-state index in [9.17, 15) is 0 Å². The molecule has 3 rings (SSSR count). The number of hydrogen-bond acceptors (Lipinski definition) is 4. The molecule has 0 saturated carbocycles. The highest BCUT2D eigenvalue weighted by Gasteiger charge is 2.08. The van der Waals surface area contributed by atoms with Crippen molar-refractivity contribution in [2.24, 2.45) is 0 Å². The minimum atomic E-state index is 0.797. The predicted molar refractivity (Wildman–Crippen MR) is 86.2 cm³/mol. The van der Waals surface area contributed by atoms with E-state index in [1.807, 2.05) is 30.5 Å². The van der Waals surface area contributed by atoms with Crippen LogP contribution in [0, 0.1) is 0 Å². The van der Waals surface area contributed by atoms with Gasteiger partial charge in [-0.15, -0.1) is 0 Å². The maximum atomic E-state index is 4.64. The monoisotopic (exact) mass is 284 g/mol. The van der Waals surface area contributed by atoms with Gasteiger partial charge in [0.25, 0.3) is 0 Å². The largest absolute Gasteiger partial charge is 0.310 e. The summed E-state index contributed by atoms with van der Waals surface area (Å²) in [6.45, 7) is 5.48. The molecule has 1 aliphatic rings. The van der Waals surface area contributed by atoms with Gasteiger partial charge in [0, 0.05) is 19.6 Å². The molecule has 0 atom stereocenters. The summed E-state index contributed by atoms with van der Waals surface area (Å²) in [6, 6.07) is 8.02. The van der Waals surface area contributed by atoms with Crippen molar-refractivity contribution in [1.29, 1.82) is 0 Å². The Hall–Kier alpha value is -1.52. The number of likely N-dealkylation sites (tertiary alicyclic amines) is 1. The second-order valence-corrected chi connectivity index (χ2v) is 5.78. The fourth-order valence-electron chi connectivity index (χ4n) is 2.89. The van der Waals surface area contributed by atoms with Crippen molar-refractivity contribution in [2.75, 3.05) is 26.2 Å². The van der Waals surface area contributed by atoms with Crippen molar-refractivity contribution in [3.8, 4) is 0 Å². The average Bonchev–Trinajstić information content (AvgIpc) is 2.80. The quantitative estimate of drug-likeness (QED) is 0.857. The minimum Gasteiger partial charge on any atom is -0.310 e. The van der Waals surface area contributed by atoms with Gasteiger partial charge in [0.05, 0.1) is 22.9 Å². The Kier molecular flexibility index (Phi) is 5.13. The van der Waals surface area contributed by atoms with Gasteiger partial charge >= 0.3 is 0 Å². The molecule has 1 fully saturated rings. The molecule has 4 nitrogen and oxygen atoms in total. The van der Waals surface area contributed by atoms with Crippen LogP contribution in [0.4, 0.5) is 0 Å². The van der Waals surface area contributed by atoms with Crippen molar-refractivity contribution in [1.82, 2.24) is 20.2 Å². The van der Waals surface area contributed by atoms with Crippen LogP contribution < -0.4 is 5.32 Å². The third-order valence-corrected chi connectivity index (χ3v) is 4.11. The molecule has 4 heteroatoms. The van der Waals surface area contributed by atoms with Crippen molar-refractivity contribution in [2.45, 2.75) is 32.2 Å². The van der Waals surface area contributed by atoms with Crippen LogP contribution in [0.2, 0.25) is 0 Å². The first-order chi connectivity index (χ1) is 10.4. The van der Waals surface area contributed by atoms with E-state index < -0.39 is 0 Å². The summed E-state index contributed by atoms with van der Waals surface area (Å²) in [5.41, 5.74) is 2.96. The molecule has 0 amide bonds. The second kappa shape index (κ2) is 7.48. The van der Waals surface area contributed by atoms with E-state index >= 15 is 0 Å². The van der Waals surface area contributed by atoms with Gasteiger partial charge in [0.2, 0.25) is 0 Å². The highest BCUT2D eigenvalue weighted by Crippen LogP contribution is 2.09. The summed E-state index contributed by atoms with van der Waals surface area (Å²) in [7, 11) is 0. The Labute approximate surface area is 126 Å². The van der Waals surface area contributed by atoms with E-state index in [0.29, 0.717) is 0 Å². The lowest BCUT2D eigenvalue weighted by atomic mass is 10.2. The summed E-state index contributed by atoms with van der Waals surface area (Å²) in [4.78, 5) is 11.7. The molecule has 2 aromatic rings. The van der Waals surface area contributed by atoms with E-state index in [-0.39, 0.29) is 0 Å². The van der Waals surface area contributed by atoms with Crippen LogP contribution in [0.15, 0.2) is 30.5 Å². The molecule has 0 aliphatic carbocycles. The van der Waals surface area contributed by atoms with Gasteiger partial charge in [0.1, 0.15) is 0 Å². The van der Waals surface area contributed by atoms with Crippen molar-refractivity contribution < 1.29 is 0 Å². The molecule has 1 aromatic carbocycles. The Morgan fingerprint density at radius 3 is 2.57 bits per heavy atom. The summed E-state index contributed by atoms with van der Waals surface area (Å²) in [6.07, 6.45) is 7.39. The van der Waals surface area contributed by atoms with Gasteiger partial charge in [-0.3, -0.25) is 4.98 Å². The molecule has 1 aromatic heterocycles. The third-order valence-electron chi connectivity index (χ3n) is 4.11. The molecule has 1 saturated heterocycles. The van der Waals surface area contributed by atoms with Gasteiger partial charge in [-0.05, 0) is 38.1 Å². The lowest BCUT2D eigenvalue weighted by Gasteiger charge is -2.19. The van der Waals surface area contributed by atoms with Crippen molar-refractivity contribution in [3.05, 3.63) is 36.2 Å². The molecule has 2 heterocycles. The standard InChI is InChI=1S/C17H24N4/c1-2-6-11-21(10-5-1)12-9-18-13-15-14-19-16-7-3-4-8-17(16)20-15/h3-4,7-8,14,18H,1-2,5-6,9-13H2. The van der Waals surface area contributed by atoms with Crippen LogP contribution in [-0.2, 0) is 6.54 Å². The highest BCUT2D eigenvalue weighted by molar-refractivity contribution is 5.73. The summed E-state index contributed by atoms with van der Waals surface area (Å²) in [5, 5.41) is 3.49. The number of nitrogens with zero attached hydrogens (tertiary/aromatic N) is 3. The molecule has 0 unspecified atom stereocenters. The van der Waals surface area contributed by atoms with E-state index in [2.05, 4.69) is 20.2 Å². The molecular weight excluding hydrogens is 260 g/mol. The SMILES string of the molecule is c1ccc2nc(CNCCN3CCCCCC3)cnc2c1. The van der Waals surface area contributed by atoms with Crippen LogP contribution in [0.3, 0.4) is 0 Å². The molecule has 0 spiro atoms. The maximum Gasteiger partial charge on any atom is 0.0890 e. The lowest BCUT2D eigenvalue weighted by molar-refractivity contribution is 0.284. The summed E-state index contributed by atoms with van der Waals surface area (Å²) >= 11 is 0. The van der Waals surface area contributed by atoms with Gasteiger partial charge in [-0.2, -0.15) is 0 Å². The Balaban J connectivity index is 1.45. The summed E-state index contributed by atoms with van der Waals surface area (Å²) in [5.74, 6) is 0. The number of benzene rings is 1. The third kappa shape index (κ3) is 4.22. The zero-order chi connectivity index (χ0) is 14.3. The van der Waals surface area contributed by atoms with Gasteiger partial charge in [-0.1, -0.05) is 25.0 Å². The Bertz CT molecular complexity index is 561. The fourth-order valence-corrected chi connectivity index (χ4v) is 2.89. The van der Waals surface area contributed by atoms with Gasteiger partial charge < -0.3 is 10.2 Å². The van der Waals surface area contributed by atoms with Crippen molar-refractivity contribution >= 4 is 11.0 Å². The molecule has 112 valence electrons. The lowest BCUT2D eigenvalue weighted by Crippen LogP contribution is -2.32. The molecule has 1 N–H and O–H groups in total. The zero-order valence-corrected chi connectivity index (χ0v) is 12.6. The van der Waals surface area contributed by atoms with Crippen LogP contribution >= 0.6 is 0 Å². The smallest absolute Gasteiger partial charge is 0.0890 e. The van der Waals surface area contributed by atoms with Gasteiger partial charge in [-0.25, -0.2) is 4.98 Å². The molecule has 21 heavy (non-hydrogen) atoms. The molecule has 0 radical (unpaired) electrons. The second-order valence-electron chi connectivity index (χ2n) is 5.78. The van der Waals surface area contributed by atoms with Crippen LogP contribution in [0.5, 0.6) is 0 Å². The van der Waals surface area contributed by atoms with Gasteiger partial charge in [0.15, 0.2) is 0 Å². The molecule has 0 bridgehead atoms. The van der Waals surface area contributed by atoms with Crippen LogP contribution in [0.1, 0.15) is 31.4 Å². The Morgan fingerprint density at radius 2 is 1.76 bits per heavy atom.